The molecule has 0 saturated carbocycles. The molecule has 2 heteroatoms. The van der Waals surface area contributed by atoms with E-state index in [2.05, 4.69) is 19.9 Å². The molecule has 0 aromatic rings. The highest BCUT2D eigenvalue weighted by atomic mass is 16.2. The van der Waals surface area contributed by atoms with Gasteiger partial charge < -0.3 is 4.90 Å². The topological polar surface area (TPSA) is 20.3 Å². The molecule has 1 aliphatic rings. The summed E-state index contributed by atoms with van der Waals surface area (Å²) < 4.78 is 0. The van der Waals surface area contributed by atoms with Crippen LogP contribution in [0.25, 0.3) is 0 Å². The Morgan fingerprint density at radius 3 is 2.28 bits per heavy atom. The molecule has 1 fully saturated rings. The van der Waals surface area contributed by atoms with Crippen LogP contribution in [0.15, 0.2) is 12.2 Å². The number of carbonyl (C=O) groups is 1. The molecule has 0 radical (unpaired) electrons. The van der Waals surface area contributed by atoms with Gasteiger partial charge in [-0.3, -0.25) is 4.79 Å². The van der Waals surface area contributed by atoms with Gasteiger partial charge in [0.15, 0.2) is 0 Å². The van der Waals surface area contributed by atoms with Gasteiger partial charge in [-0.15, -0.1) is 0 Å². The maximum absolute atomic E-state index is 11.9. The van der Waals surface area contributed by atoms with Crippen LogP contribution in [0.3, 0.4) is 0 Å². The average Bonchev–Trinajstić information content (AvgIpc) is 2.40. The van der Waals surface area contributed by atoms with Crippen molar-refractivity contribution in [2.75, 3.05) is 13.1 Å². The van der Waals surface area contributed by atoms with E-state index < -0.39 is 0 Å². The van der Waals surface area contributed by atoms with Crippen molar-refractivity contribution < 1.29 is 4.79 Å². The van der Waals surface area contributed by atoms with Gasteiger partial charge in [0.25, 0.3) is 0 Å². The Labute approximate surface area is 112 Å². The van der Waals surface area contributed by atoms with Crippen molar-refractivity contribution in [3.63, 3.8) is 0 Å². The lowest BCUT2D eigenvalue weighted by Crippen LogP contribution is -2.34. The summed E-state index contributed by atoms with van der Waals surface area (Å²) in [4.78, 5) is 13.9. The zero-order valence-corrected chi connectivity index (χ0v) is 12.2. The van der Waals surface area contributed by atoms with E-state index in [9.17, 15) is 4.79 Å². The second-order valence-corrected chi connectivity index (χ2v) is 5.47. The van der Waals surface area contributed by atoms with Crippen LogP contribution >= 0.6 is 0 Å². The lowest BCUT2D eigenvalue weighted by molar-refractivity contribution is -0.126. The molecule has 1 heterocycles. The van der Waals surface area contributed by atoms with E-state index in [-0.39, 0.29) is 5.91 Å². The summed E-state index contributed by atoms with van der Waals surface area (Å²) in [6.07, 6.45) is 13.7. The molecule has 0 spiro atoms. The van der Waals surface area contributed by atoms with Gasteiger partial charge in [0.1, 0.15) is 0 Å². The first-order chi connectivity index (χ1) is 8.77. The number of rotatable bonds is 7. The van der Waals surface area contributed by atoms with E-state index in [1.54, 1.807) is 0 Å². The van der Waals surface area contributed by atoms with E-state index >= 15 is 0 Å². The van der Waals surface area contributed by atoms with E-state index in [0.29, 0.717) is 0 Å². The van der Waals surface area contributed by atoms with Gasteiger partial charge in [-0.25, -0.2) is 0 Å². The Balaban J connectivity index is 2.30. The minimum Gasteiger partial charge on any atom is -0.339 e. The molecule has 1 rings (SSSR count). The summed E-state index contributed by atoms with van der Waals surface area (Å²) in [6.45, 7) is 6.39. The third-order valence-corrected chi connectivity index (χ3v) is 3.79. The van der Waals surface area contributed by atoms with Crippen LogP contribution in [0.5, 0.6) is 0 Å². The third-order valence-electron chi connectivity index (χ3n) is 3.79. The van der Waals surface area contributed by atoms with Crippen molar-refractivity contribution in [1.82, 2.24) is 4.90 Å². The normalized spacial score (nSPS) is 16.7. The summed E-state index contributed by atoms with van der Waals surface area (Å²) in [5.41, 5.74) is 0. The van der Waals surface area contributed by atoms with Gasteiger partial charge in [0.05, 0.1) is 0 Å². The van der Waals surface area contributed by atoms with Crippen LogP contribution in [-0.2, 0) is 4.79 Å². The van der Waals surface area contributed by atoms with Crippen molar-refractivity contribution in [1.29, 1.82) is 0 Å². The highest BCUT2D eigenvalue weighted by molar-refractivity contribution is 5.87. The number of piperidine rings is 1. The molecular weight excluding hydrogens is 222 g/mol. The minimum absolute atomic E-state index is 0.224. The van der Waals surface area contributed by atoms with Crippen molar-refractivity contribution in [2.24, 2.45) is 5.92 Å². The Morgan fingerprint density at radius 2 is 1.72 bits per heavy atom. The second kappa shape index (κ2) is 9.18. The van der Waals surface area contributed by atoms with Crippen LogP contribution in [0.2, 0.25) is 0 Å². The van der Waals surface area contributed by atoms with Crippen molar-refractivity contribution in [3.05, 3.63) is 12.2 Å². The third kappa shape index (κ3) is 5.70. The summed E-state index contributed by atoms with van der Waals surface area (Å²) >= 11 is 0. The first kappa shape index (κ1) is 15.3. The van der Waals surface area contributed by atoms with Crippen LogP contribution in [0, 0.1) is 5.92 Å². The van der Waals surface area contributed by atoms with Crippen molar-refractivity contribution in [2.45, 2.75) is 65.2 Å². The Bertz CT molecular complexity index is 248. The molecule has 0 unspecified atom stereocenters. The predicted octanol–water partition coefficient (Wildman–Crippen LogP) is 4.16. The molecule has 1 amide bonds. The van der Waals surface area contributed by atoms with Gasteiger partial charge in [-0.2, -0.15) is 0 Å². The SMILES string of the molecule is CCCC(C/C=C/C(=O)N1CCCCC1)CCC. The van der Waals surface area contributed by atoms with Crippen molar-refractivity contribution in [3.8, 4) is 0 Å². The Hall–Kier alpha value is -0.790. The average molecular weight is 251 g/mol. The molecule has 0 aromatic heterocycles. The number of allylic oxidation sites excluding steroid dienone is 1. The fraction of sp³-hybridized carbons (Fsp3) is 0.812. The fourth-order valence-corrected chi connectivity index (χ4v) is 2.78. The molecule has 2 nitrogen and oxygen atoms in total. The number of nitrogens with zero attached hydrogens (tertiary/aromatic N) is 1. The van der Waals surface area contributed by atoms with Crippen LogP contribution in [-0.4, -0.2) is 23.9 Å². The fourth-order valence-electron chi connectivity index (χ4n) is 2.78. The molecule has 0 aliphatic carbocycles. The smallest absolute Gasteiger partial charge is 0.246 e. The summed E-state index contributed by atoms with van der Waals surface area (Å²) in [7, 11) is 0. The van der Waals surface area contributed by atoms with Crippen molar-refractivity contribution >= 4 is 5.91 Å². The minimum atomic E-state index is 0.224. The summed E-state index contributed by atoms with van der Waals surface area (Å²) in [6, 6.07) is 0. The maximum Gasteiger partial charge on any atom is 0.246 e. The number of likely N-dealkylation sites (tertiary alicyclic amines) is 1. The van der Waals surface area contributed by atoms with Gasteiger partial charge in [0, 0.05) is 13.1 Å². The lowest BCUT2D eigenvalue weighted by Gasteiger charge is -2.25. The molecule has 18 heavy (non-hydrogen) atoms. The monoisotopic (exact) mass is 251 g/mol. The highest BCUT2D eigenvalue weighted by Crippen LogP contribution is 2.18. The Kier molecular flexibility index (Phi) is 7.79. The number of carbonyl (C=O) groups excluding carboxylic acids is 1. The standard InChI is InChI=1S/C16H29NO/c1-3-9-15(10-4-2)11-8-12-16(18)17-13-6-5-7-14-17/h8,12,15H,3-7,9-11,13-14H2,1-2H3/b12-8+. The number of amides is 1. The molecule has 0 aromatic carbocycles. The second-order valence-electron chi connectivity index (χ2n) is 5.47. The summed E-state index contributed by atoms with van der Waals surface area (Å²) in [5, 5.41) is 0. The first-order valence-corrected chi connectivity index (χ1v) is 7.73. The highest BCUT2D eigenvalue weighted by Gasteiger charge is 2.13. The van der Waals surface area contributed by atoms with Gasteiger partial charge in [0.2, 0.25) is 5.91 Å². The quantitative estimate of drug-likeness (QED) is 0.622. The first-order valence-electron chi connectivity index (χ1n) is 7.73. The van der Waals surface area contributed by atoms with Crippen LogP contribution in [0.4, 0.5) is 0 Å². The summed E-state index contributed by atoms with van der Waals surface area (Å²) in [5.74, 6) is 0.992. The zero-order chi connectivity index (χ0) is 13.2. The Morgan fingerprint density at radius 1 is 1.11 bits per heavy atom. The molecule has 104 valence electrons. The predicted molar refractivity (Wildman–Crippen MR) is 77.5 cm³/mol. The number of hydrogen-bond acceptors (Lipinski definition) is 1. The van der Waals surface area contributed by atoms with Crippen LogP contribution < -0.4 is 0 Å². The lowest BCUT2D eigenvalue weighted by atomic mass is 9.95. The van der Waals surface area contributed by atoms with Crippen LogP contribution in [0.1, 0.15) is 65.2 Å². The molecule has 1 aliphatic heterocycles. The molecule has 0 bridgehead atoms. The molecule has 0 atom stereocenters. The zero-order valence-electron chi connectivity index (χ0n) is 12.2. The van der Waals surface area contributed by atoms with E-state index in [4.69, 9.17) is 0 Å². The molecule has 0 N–H and O–H groups in total. The van der Waals surface area contributed by atoms with Gasteiger partial charge >= 0.3 is 0 Å². The largest absolute Gasteiger partial charge is 0.339 e. The number of hydrogen-bond donors (Lipinski definition) is 0. The maximum atomic E-state index is 11.9. The van der Waals surface area contributed by atoms with E-state index in [0.717, 1.165) is 25.4 Å². The van der Waals surface area contributed by atoms with Gasteiger partial charge in [-0.1, -0.05) is 45.6 Å². The molecule has 1 saturated heterocycles. The van der Waals surface area contributed by atoms with E-state index in [1.165, 1.54) is 44.9 Å². The van der Waals surface area contributed by atoms with E-state index in [1.807, 2.05) is 11.0 Å². The molecular formula is C16H29NO. The van der Waals surface area contributed by atoms with Gasteiger partial charge in [-0.05, 0) is 37.7 Å².